The van der Waals surface area contributed by atoms with Crippen molar-refractivity contribution < 1.29 is 4.74 Å². The van der Waals surface area contributed by atoms with Crippen LogP contribution in [0, 0.1) is 5.92 Å². The Morgan fingerprint density at radius 1 is 1.33 bits per heavy atom. The van der Waals surface area contributed by atoms with Gasteiger partial charge >= 0.3 is 0 Å². The number of fused-ring (bicyclic) bond motifs is 1. The van der Waals surface area contributed by atoms with E-state index in [-0.39, 0.29) is 11.4 Å². The summed E-state index contributed by atoms with van der Waals surface area (Å²) in [6, 6.07) is 3.63. The third-order valence-corrected chi connectivity index (χ3v) is 3.61. The number of rotatable bonds is 2. The molecule has 0 bridgehead atoms. The Bertz CT molecular complexity index is 556. The first-order valence-electron chi connectivity index (χ1n) is 6.27. The highest BCUT2D eigenvalue weighted by Gasteiger charge is 2.20. The van der Waals surface area contributed by atoms with Gasteiger partial charge in [-0.15, -0.1) is 15.3 Å². The Labute approximate surface area is 110 Å². The minimum atomic E-state index is 0.257. The van der Waals surface area contributed by atoms with E-state index in [1.165, 1.54) is 17.4 Å². The molecule has 0 amide bonds. The van der Waals surface area contributed by atoms with E-state index in [1.807, 2.05) is 12.1 Å². The topological polar surface area (TPSA) is 52.3 Å². The predicted molar refractivity (Wildman–Crippen MR) is 67.8 cm³/mol. The molecule has 2 heterocycles. The Kier molecular flexibility index (Phi) is 3.07. The molecule has 6 heteroatoms. The molecule has 3 rings (SSSR count). The molecule has 0 aromatic carbocycles. The van der Waals surface area contributed by atoms with Crippen molar-refractivity contribution in [3.05, 3.63) is 17.4 Å². The summed E-state index contributed by atoms with van der Waals surface area (Å²) in [4.78, 5) is 0. The molecule has 1 saturated carbocycles. The fourth-order valence-corrected chi connectivity index (χ4v) is 2.63. The molecule has 0 radical (unpaired) electrons. The Morgan fingerprint density at radius 3 is 3.06 bits per heavy atom. The maximum absolute atomic E-state index is 5.91. The third-order valence-electron chi connectivity index (χ3n) is 3.38. The van der Waals surface area contributed by atoms with Crippen molar-refractivity contribution in [2.45, 2.75) is 38.7 Å². The quantitative estimate of drug-likeness (QED) is 0.839. The first-order chi connectivity index (χ1) is 8.72. The maximum atomic E-state index is 5.91. The van der Waals surface area contributed by atoms with Crippen molar-refractivity contribution in [2.24, 2.45) is 5.92 Å². The SMILES string of the molecule is C[C@@H]1CCC[C@@H](Oc2ccc3nnc(Cl)n3n2)C1. The Hall–Kier alpha value is -1.36. The van der Waals surface area contributed by atoms with Crippen LogP contribution in [0.25, 0.3) is 5.65 Å². The fraction of sp³-hybridized carbons (Fsp3) is 0.583. The van der Waals surface area contributed by atoms with Crippen molar-refractivity contribution in [2.75, 3.05) is 0 Å². The zero-order valence-electron chi connectivity index (χ0n) is 10.2. The van der Waals surface area contributed by atoms with Gasteiger partial charge in [-0.3, -0.25) is 0 Å². The molecule has 2 aromatic rings. The van der Waals surface area contributed by atoms with Crippen molar-refractivity contribution in [1.29, 1.82) is 0 Å². The van der Waals surface area contributed by atoms with Gasteiger partial charge in [0.1, 0.15) is 6.10 Å². The summed E-state index contributed by atoms with van der Waals surface area (Å²) in [5, 5.41) is 12.2. The minimum absolute atomic E-state index is 0.257. The van der Waals surface area contributed by atoms with Crippen molar-refractivity contribution in [1.82, 2.24) is 19.8 Å². The monoisotopic (exact) mass is 266 g/mol. The molecule has 2 aromatic heterocycles. The molecule has 0 unspecified atom stereocenters. The van der Waals surface area contributed by atoms with E-state index in [2.05, 4.69) is 22.2 Å². The molecule has 0 aliphatic heterocycles. The molecule has 0 N–H and O–H groups in total. The van der Waals surface area contributed by atoms with Crippen LogP contribution in [0.15, 0.2) is 12.1 Å². The van der Waals surface area contributed by atoms with Gasteiger partial charge in [-0.2, -0.15) is 4.52 Å². The Balaban J connectivity index is 1.79. The van der Waals surface area contributed by atoms with Crippen LogP contribution in [0.5, 0.6) is 5.88 Å². The van der Waals surface area contributed by atoms with E-state index >= 15 is 0 Å². The van der Waals surface area contributed by atoms with Gasteiger partial charge in [0.25, 0.3) is 0 Å². The number of nitrogens with zero attached hydrogens (tertiary/aromatic N) is 4. The number of halogens is 1. The van der Waals surface area contributed by atoms with Crippen LogP contribution in [0.1, 0.15) is 32.6 Å². The maximum Gasteiger partial charge on any atom is 0.246 e. The first kappa shape index (κ1) is 11.7. The van der Waals surface area contributed by atoms with Crippen molar-refractivity contribution in [3.8, 4) is 5.88 Å². The van der Waals surface area contributed by atoms with Crippen LogP contribution in [0.2, 0.25) is 5.28 Å². The number of aromatic nitrogens is 4. The van der Waals surface area contributed by atoms with E-state index < -0.39 is 0 Å². The van der Waals surface area contributed by atoms with Crippen LogP contribution in [0.4, 0.5) is 0 Å². The minimum Gasteiger partial charge on any atom is -0.473 e. The molecule has 1 aliphatic rings. The zero-order chi connectivity index (χ0) is 12.5. The lowest BCUT2D eigenvalue weighted by Crippen LogP contribution is -2.24. The highest BCUT2D eigenvalue weighted by molar-refractivity contribution is 6.28. The summed E-state index contributed by atoms with van der Waals surface area (Å²) < 4.78 is 7.40. The predicted octanol–water partition coefficient (Wildman–Crippen LogP) is 2.74. The highest BCUT2D eigenvalue weighted by Crippen LogP contribution is 2.26. The van der Waals surface area contributed by atoms with Crippen LogP contribution in [-0.2, 0) is 0 Å². The molecule has 2 atom stereocenters. The van der Waals surface area contributed by atoms with Crippen LogP contribution in [0.3, 0.4) is 0 Å². The van der Waals surface area contributed by atoms with Gasteiger partial charge in [0.2, 0.25) is 11.2 Å². The standard InChI is InChI=1S/C12H15ClN4O/c1-8-3-2-4-9(7-8)18-11-6-5-10-14-15-12(13)17(10)16-11/h5-6,8-9H,2-4,7H2,1H3/t8-,9-/m1/s1. The molecule has 96 valence electrons. The summed E-state index contributed by atoms with van der Waals surface area (Å²) in [5.41, 5.74) is 0.629. The van der Waals surface area contributed by atoms with Crippen molar-refractivity contribution in [3.63, 3.8) is 0 Å². The second-order valence-electron chi connectivity index (χ2n) is 4.92. The first-order valence-corrected chi connectivity index (χ1v) is 6.65. The van der Waals surface area contributed by atoms with E-state index in [1.54, 1.807) is 0 Å². The summed E-state index contributed by atoms with van der Waals surface area (Å²) in [6.45, 7) is 2.27. The summed E-state index contributed by atoms with van der Waals surface area (Å²) in [6.07, 6.45) is 4.97. The van der Waals surface area contributed by atoms with Gasteiger partial charge in [-0.05, 0) is 42.8 Å². The smallest absolute Gasteiger partial charge is 0.246 e. The van der Waals surface area contributed by atoms with Crippen LogP contribution < -0.4 is 4.74 Å². The zero-order valence-corrected chi connectivity index (χ0v) is 11.0. The van der Waals surface area contributed by atoms with Crippen molar-refractivity contribution >= 4 is 17.2 Å². The molecule has 1 aliphatic carbocycles. The van der Waals surface area contributed by atoms with Gasteiger partial charge in [0, 0.05) is 6.07 Å². The average molecular weight is 267 g/mol. The van der Waals surface area contributed by atoms with Gasteiger partial charge in [-0.1, -0.05) is 13.3 Å². The number of hydrogen-bond donors (Lipinski definition) is 0. The average Bonchev–Trinajstić information content (AvgIpc) is 2.71. The number of ether oxygens (including phenoxy) is 1. The lowest BCUT2D eigenvalue weighted by atomic mass is 9.89. The molecule has 0 spiro atoms. The Morgan fingerprint density at radius 2 is 2.22 bits per heavy atom. The fourth-order valence-electron chi connectivity index (χ4n) is 2.46. The largest absolute Gasteiger partial charge is 0.473 e. The van der Waals surface area contributed by atoms with E-state index in [9.17, 15) is 0 Å². The molecule has 0 saturated heterocycles. The summed E-state index contributed by atoms with van der Waals surface area (Å²) in [5.74, 6) is 1.31. The van der Waals surface area contributed by atoms with Gasteiger partial charge in [0.05, 0.1) is 0 Å². The highest BCUT2D eigenvalue weighted by atomic mass is 35.5. The normalized spacial score (nSPS) is 24.3. The van der Waals surface area contributed by atoms with Gasteiger partial charge in [-0.25, -0.2) is 0 Å². The molecule has 5 nitrogen and oxygen atoms in total. The van der Waals surface area contributed by atoms with Gasteiger partial charge < -0.3 is 4.74 Å². The van der Waals surface area contributed by atoms with Crippen LogP contribution in [-0.4, -0.2) is 25.9 Å². The lowest BCUT2D eigenvalue weighted by Gasteiger charge is -2.26. The van der Waals surface area contributed by atoms with E-state index in [4.69, 9.17) is 16.3 Å². The molecular formula is C12H15ClN4O. The summed E-state index contributed by atoms with van der Waals surface area (Å²) in [7, 11) is 0. The summed E-state index contributed by atoms with van der Waals surface area (Å²) >= 11 is 5.88. The van der Waals surface area contributed by atoms with Crippen LogP contribution >= 0.6 is 11.6 Å². The van der Waals surface area contributed by atoms with Gasteiger partial charge in [0.15, 0.2) is 5.65 Å². The third kappa shape index (κ3) is 2.27. The second kappa shape index (κ2) is 4.72. The number of hydrogen-bond acceptors (Lipinski definition) is 4. The van der Waals surface area contributed by atoms with E-state index in [0.29, 0.717) is 11.5 Å². The van der Waals surface area contributed by atoms with E-state index in [0.717, 1.165) is 18.8 Å². The second-order valence-corrected chi connectivity index (χ2v) is 5.26. The molecule has 18 heavy (non-hydrogen) atoms. The molecular weight excluding hydrogens is 252 g/mol. The molecule has 1 fully saturated rings. The lowest BCUT2D eigenvalue weighted by molar-refractivity contribution is 0.122.